The van der Waals surface area contributed by atoms with Crippen LogP contribution in [0, 0.1) is 0 Å². The number of hydrogen-bond donors (Lipinski definition) is 1. The zero-order chi connectivity index (χ0) is 16.0. The van der Waals surface area contributed by atoms with Gasteiger partial charge in [0.1, 0.15) is 11.9 Å². The Morgan fingerprint density at radius 3 is 3.13 bits per heavy atom. The van der Waals surface area contributed by atoms with Crippen molar-refractivity contribution in [2.75, 3.05) is 13.2 Å². The Morgan fingerprint density at radius 1 is 1.48 bits per heavy atom. The van der Waals surface area contributed by atoms with E-state index in [9.17, 15) is 9.18 Å². The Balaban J connectivity index is 1.71. The summed E-state index contributed by atoms with van der Waals surface area (Å²) in [5.74, 6) is 0.507. The van der Waals surface area contributed by atoms with Crippen LogP contribution in [-0.4, -0.2) is 50.8 Å². The quantitative estimate of drug-likeness (QED) is 0.902. The van der Waals surface area contributed by atoms with Gasteiger partial charge in [-0.1, -0.05) is 16.8 Å². The molecule has 2 aliphatic heterocycles. The number of H-pyrrole nitrogens is 1. The molecule has 2 aromatic rings. The molecule has 1 saturated heterocycles. The SMILES string of the molecule is O=C(c1cc(Cl)cc2c1OCC2)N1CC(F)CC1c1nn[nH]n1. The average molecular weight is 338 g/mol. The third-order valence-corrected chi connectivity index (χ3v) is 4.37. The Kier molecular flexibility index (Phi) is 3.41. The summed E-state index contributed by atoms with van der Waals surface area (Å²) in [4.78, 5) is 14.4. The van der Waals surface area contributed by atoms with Crippen molar-refractivity contribution in [3.8, 4) is 5.75 Å². The van der Waals surface area contributed by atoms with Crippen molar-refractivity contribution in [1.82, 2.24) is 25.5 Å². The molecule has 1 aromatic heterocycles. The predicted octanol–water partition coefficient (Wildman–Crippen LogP) is 1.71. The Bertz CT molecular complexity index is 754. The number of hydrogen-bond acceptors (Lipinski definition) is 5. The molecule has 1 fully saturated rings. The average Bonchev–Trinajstić information content (AvgIpc) is 3.24. The van der Waals surface area contributed by atoms with Crippen LogP contribution >= 0.6 is 11.6 Å². The molecule has 2 aliphatic rings. The molecule has 4 rings (SSSR count). The van der Waals surface area contributed by atoms with Gasteiger partial charge in [0.15, 0.2) is 5.82 Å². The minimum Gasteiger partial charge on any atom is -0.492 e. The number of aromatic amines is 1. The van der Waals surface area contributed by atoms with Crippen LogP contribution < -0.4 is 4.74 Å². The zero-order valence-electron chi connectivity index (χ0n) is 12.0. The van der Waals surface area contributed by atoms with Gasteiger partial charge < -0.3 is 9.64 Å². The van der Waals surface area contributed by atoms with Crippen LogP contribution in [0.4, 0.5) is 4.39 Å². The summed E-state index contributed by atoms with van der Waals surface area (Å²) >= 11 is 6.10. The van der Waals surface area contributed by atoms with Crippen LogP contribution in [0.25, 0.3) is 0 Å². The Hall–Kier alpha value is -2.22. The second-order valence-corrected chi connectivity index (χ2v) is 6.05. The third-order valence-electron chi connectivity index (χ3n) is 4.15. The fraction of sp³-hybridized carbons (Fsp3) is 0.429. The number of benzene rings is 1. The number of nitrogens with zero attached hydrogens (tertiary/aromatic N) is 4. The van der Waals surface area contributed by atoms with E-state index in [4.69, 9.17) is 16.3 Å². The first-order valence-corrected chi connectivity index (χ1v) is 7.65. The number of carbonyl (C=O) groups excluding carboxylic acids is 1. The van der Waals surface area contributed by atoms with Gasteiger partial charge in [-0.25, -0.2) is 4.39 Å². The van der Waals surface area contributed by atoms with Crippen molar-refractivity contribution >= 4 is 17.5 Å². The van der Waals surface area contributed by atoms with E-state index in [1.807, 2.05) is 0 Å². The van der Waals surface area contributed by atoms with Crippen molar-refractivity contribution in [2.45, 2.75) is 25.1 Å². The molecular formula is C14H13ClFN5O2. The lowest BCUT2D eigenvalue weighted by Crippen LogP contribution is -2.32. The summed E-state index contributed by atoms with van der Waals surface area (Å²) < 4.78 is 19.5. The van der Waals surface area contributed by atoms with E-state index in [2.05, 4.69) is 20.6 Å². The standard InChI is InChI=1S/C14H13ClFN5O2/c15-8-3-7-1-2-23-12(7)10(4-8)14(22)21-6-9(16)5-11(21)13-17-19-20-18-13/h3-4,9,11H,1-2,5-6H2,(H,17,18,19,20). The van der Waals surface area contributed by atoms with Crippen molar-refractivity contribution in [3.05, 3.63) is 34.1 Å². The molecule has 2 unspecified atom stereocenters. The highest BCUT2D eigenvalue weighted by Crippen LogP contribution is 2.38. The fourth-order valence-electron chi connectivity index (χ4n) is 3.15. The first kappa shape index (κ1) is 14.4. The van der Waals surface area contributed by atoms with Crippen LogP contribution in [0.3, 0.4) is 0 Å². The van der Waals surface area contributed by atoms with Gasteiger partial charge >= 0.3 is 0 Å². The summed E-state index contributed by atoms with van der Waals surface area (Å²) in [7, 11) is 0. The monoisotopic (exact) mass is 337 g/mol. The maximum atomic E-state index is 13.9. The highest BCUT2D eigenvalue weighted by atomic mass is 35.5. The number of aromatic nitrogens is 4. The molecule has 0 saturated carbocycles. The number of alkyl halides is 1. The van der Waals surface area contributed by atoms with Crippen molar-refractivity contribution in [2.24, 2.45) is 0 Å². The number of ether oxygens (including phenoxy) is 1. The highest BCUT2D eigenvalue weighted by Gasteiger charge is 2.40. The molecule has 0 aliphatic carbocycles. The predicted molar refractivity (Wildman–Crippen MR) is 78.1 cm³/mol. The molecule has 0 radical (unpaired) electrons. The van der Waals surface area contributed by atoms with E-state index >= 15 is 0 Å². The van der Waals surface area contributed by atoms with Gasteiger partial charge in [0, 0.05) is 17.9 Å². The van der Waals surface area contributed by atoms with E-state index in [0.29, 0.717) is 35.2 Å². The molecule has 0 spiro atoms. The highest BCUT2D eigenvalue weighted by molar-refractivity contribution is 6.31. The van der Waals surface area contributed by atoms with E-state index < -0.39 is 12.2 Å². The Labute approximate surface area is 135 Å². The molecule has 1 N–H and O–H groups in total. The smallest absolute Gasteiger partial charge is 0.258 e. The van der Waals surface area contributed by atoms with Crippen LogP contribution in [-0.2, 0) is 6.42 Å². The first-order valence-electron chi connectivity index (χ1n) is 7.27. The van der Waals surface area contributed by atoms with Crippen LogP contribution in [0.15, 0.2) is 12.1 Å². The second kappa shape index (κ2) is 5.45. The van der Waals surface area contributed by atoms with Gasteiger partial charge in [0.25, 0.3) is 5.91 Å². The van der Waals surface area contributed by atoms with Gasteiger partial charge in [-0.15, -0.1) is 10.2 Å². The van der Waals surface area contributed by atoms with Crippen LogP contribution in [0.2, 0.25) is 5.02 Å². The molecule has 0 bridgehead atoms. The van der Waals surface area contributed by atoms with Gasteiger partial charge in [-0.05, 0) is 17.7 Å². The lowest BCUT2D eigenvalue weighted by atomic mass is 10.1. The lowest BCUT2D eigenvalue weighted by molar-refractivity contribution is 0.0719. The Morgan fingerprint density at radius 2 is 2.35 bits per heavy atom. The summed E-state index contributed by atoms with van der Waals surface area (Å²) in [6, 6.07) is 2.80. The second-order valence-electron chi connectivity index (χ2n) is 5.62. The largest absolute Gasteiger partial charge is 0.492 e. The minimum atomic E-state index is -1.13. The number of carbonyl (C=O) groups is 1. The van der Waals surface area contributed by atoms with E-state index in [0.717, 1.165) is 5.56 Å². The number of amides is 1. The molecule has 120 valence electrons. The van der Waals surface area contributed by atoms with Crippen molar-refractivity contribution in [1.29, 1.82) is 0 Å². The lowest BCUT2D eigenvalue weighted by Gasteiger charge is -2.22. The topological polar surface area (TPSA) is 84.0 Å². The van der Waals surface area contributed by atoms with Gasteiger partial charge in [0.05, 0.1) is 24.8 Å². The third kappa shape index (κ3) is 2.42. The van der Waals surface area contributed by atoms with E-state index in [1.54, 1.807) is 12.1 Å². The number of halogens is 2. The van der Waals surface area contributed by atoms with Crippen molar-refractivity contribution < 1.29 is 13.9 Å². The number of fused-ring (bicyclic) bond motifs is 1. The molecule has 3 heterocycles. The van der Waals surface area contributed by atoms with E-state index in [-0.39, 0.29) is 18.9 Å². The number of tetrazole rings is 1. The van der Waals surface area contributed by atoms with Crippen molar-refractivity contribution in [3.63, 3.8) is 0 Å². The number of rotatable bonds is 2. The first-order chi connectivity index (χ1) is 11.1. The summed E-state index contributed by atoms with van der Waals surface area (Å²) in [5, 5.41) is 14.1. The zero-order valence-corrected chi connectivity index (χ0v) is 12.8. The molecular weight excluding hydrogens is 325 g/mol. The maximum absolute atomic E-state index is 13.9. The molecule has 23 heavy (non-hydrogen) atoms. The molecule has 1 amide bonds. The molecule has 9 heteroatoms. The summed E-state index contributed by atoms with van der Waals surface area (Å²) in [6.45, 7) is 0.495. The normalized spacial score (nSPS) is 23.0. The summed E-state index contributed by atoms with van der Waals surface area (Å²) in [5.41, 5.74) is 1.25. The van der Waals surface area contributed by atoms with Gasteiger partial charge in [-0.3, -0.25) is 4.79 Å². The molecule has 7 nitrogen and oxygen atoms in total. The molecule has 1 aromatic carbocycles. The fourth-order valence-corrected chi connectivity index (χ4v) is 3.39. The van der Waals surface area contributed by atoms with Gasteiger partial charge in [-0.2, -0.15) is 5.21 Å². The number of likely N-dealkylation sites (tertiary alicyclic amines) is 1. The summed E-state index contributed by atoms with van der Waals surface area (Å²) in [6.07, 6.45) is -0.277. The van der Waals surface area contributed by atoms with E-state index in [1.165, 1.54) is 4.90 Å². The minimum absolute atomic E-state index is 0.0146. The van der Waals surface area contributed by atoms with Crippen LogP contribution in [0.1, 0.15) is 34.2 Å². The molecule has 2 atom stereocenters. The van der Waals surface area contributed by atoms with Gasteiger partial charge in [0.2, 0.25) is 0 Å². The number of nitrogens with one attached hydrogen (secondary N) is 1. The maximum Gasteiger partial charge on any atom is 0.258 e. The van der Waals surface area contributed by atoms with Crippen LogP contribution in [0.5, 0.6) is 5.75 Å².